The van der Waals surface area contributed by atoms with Crippen molar-refractivity contribution in [2.24, 2.45) is 5.16 Å². The molecule has 2 amide bonds. The maximum Gasteiger partial charge on any atom is 0.276 e. The summed E-state index contributed by atoms with van der Waals surface area (Å²) in [5.74, 6) is -0.585. The number of β-lactam (4-membered cyclic amide) rings is 1. The number of anilines is 2. The highest BCUT2D eigenvalue weighted by Gasteiger charge is 2.53. The van der Waals surface area contributed by atoms with Gasteiger partial charge in [-0.1, -0.05) is 28.1 Å². The van der Waals surface area contributed by atoms with Crippen molar-refractivity contribution in [2.75, 3.05) is 17.2 Å². The molecule has 2 unspecified atom stereocenters. The van der Waals surface area contributed by atoms with Gasteiger partial charge in [0.25, 0.3) is 11.8 Å². The number of thiazole rings is 1. The maximum absolute atomic E-state index is 13.1. The third kappa shape index (κ3) is 5.11. The van der Waals surface area contributed by atoms with Gasteiger partial charge in [-0.05, 0) is 19.9 Å². The van der Waals surface area contributed by atoms with Gasteiger partial charge in [-0.2, -0.15) is 4.57 Å². The van der Waals surface area contributed by atoms with E-state index in [0.717, 1.165) is 16.9 Å². The number of fused-ring (bicyclic) bond motifs is 1. The number of carbonyl (C=O) groups excluding carboxylic acids is 3. The Hall–Kier alpha value is -3.16. The molecule has 2 aromatic heterocycles. The highest BCUT2D eigenvalue weighted by atomic mass is 35.5. The fourth-order valence-corrected chi connectivity index (χ4v) is 5.89. The lowest BCUT2D eigenvalue weighted by molar-refractivity contribution is -0.688. The Morgan fingerprint density at radius 3 is 2.89 bits per heavy atom. The molecule has 0 aliphatic carbocycles. The van der Waals surface area contributed by atoms with Crippen LogP contribution in [0.1, 0.15) is 19.5 Å². The minimum absolute atomic E-state index is 0.0714. The Morgan fingerprint density at radius 1 is 1.49 bits per heavy atom. The van der Waals surface area contributed by atoms with Crippen molar-refractivity contribution in [3.8, 4) is 0 Å². The standard InChI is InChI=1S/C21H22ClN7O4S2/c1-10(2)33-27-15(14-17(22)35-21(24)26-14)18(31)25-16-19(32)29-13(8-30)11(9-34-20(16)29)6-28-5-3-4-12(23)7-28/h3-5,7-8,10,16,20H,6,9,23H2,1-2H3,(H2-,24,25,26,31)/p+1/b27-15-. The van der Waals surface area contributed by atoms with Crippen LogP contribution in [0.15, 0.2) is 41.0 Å². The van der Waals surface area contributed by atoms with E-state index in [1.807, 2.05) is 10.8 Å². The summed E-state index contributed by atoms with van der Waals surface area (Å²) in [5.41, 5.74) is 13.1. The van der Waals surface area contributed by atoms with Gasteiger partial charge in [0, 0.05) is 17.4 Å². The minimum Gasteiger partial charge on any atom is -0.394 e. The zero-order valence-electron chi connectivity index (χ0n) is 18.8. The van der Waals surface area contributed by atoms with E-state index in [1.165, 1.54) is 16.7 Å². The number of hydrogen-bond donors (Lipinski definition) is 3. The largest absolute Gasteiger partial charge is 0.394 e. The van der Waals surface area contributed by atoms with Gasteiger partial charge in [-0.25, -0.2) is 4.98 Å². The molecule has 2 aliphatic rings. The summed E-state index contributed by atoms with van der Waals surface area (Å²) in [4.78, 5) is 48.7. The zero-order chi connectivity index (χ0) is 25.3. The number of aromatic nitrogens is 2. The molecule has 1 saturated heterocycles. The number of oxime groups is 1. The van der Waals surface area contributed by atoms with Crippen LogP contribution in [0.2, 0.25) is 4.34 Å². The predicted molar refractivity (Wildman–Crippen MR) is 133 cm³/mol. The molecule has 0 radical (unpaired) electrons. The average Bonchev–Trinajstić information content (AvgIpc) is 3.14. The number of rotatable bonds is 8. The lowest BCUT2D eigenvalue weighted by Crippen LogP contribution is -2.70. The second-order valence-electron chi connectivity index (χ2n) is 8.05. The van der Waals surface area contributed by atoms with Crippen LogP contribution in [0.25, 0.3) is 0 Å². The molecule has 14 heteroatoms. The SMILES string of the molecule is CC(C)O/N=C(\C(=O)NC1C(=O)N2C(C=O)=C(C[n+]3cccc(N)c3)CSC12)c1nc(N)sc1Cl. The number of nitrogens with two attached hydrogens (primary N) is 2. The topological polar surface area (TPSA) is 157 Å². The first kappa shape index (κ1) is 24.9. The van der Waals surface area contributed by atoms with Gasteiger partial charge in [0.15, 0.2) is 36.1 Å². The number of allylic oxidation sites excluding steroid dienone is 1. The Labute approximate surface area is 214 Å². The summed E-state index contributed by atoms with van der Waals surface area (Å²) in [6.45, 7) is 3.90. The molecule has 35 heavy (non-hydrogen) atoms. The molecule has 11 nitrogen and oxygen atoms in total. The van der Waals surface area contributed by atoms with Crippen molar-refractivity contribution in [1.82, 2.24) is 15.2 Å². The first-order chi connectivity index (χ1) is 16.7. The van der Waals surface area contributed by atoms with E-state index in [4.69, 9.17) is 27.9 Å². The number of thioether (sulfide) groups is 1. The van der Waals surface area contributed by atoms with Crippen molar-refractivity contribution < 1.29 is 23.8 Å². The highest BCUT2D eigenvalue weighted by molar-refractivity contribution is 8.00. The number of nitrogen functional groups attached to an aromatic ring is 2. The molecule has 4 heterocycles. The molecule has 0 spiro atoms. The van der Waals surface area contributed by atoms with E-state index in [0.29, 0.717) is 30.0 Å². The average molecular weight is 537 g/mol. The zero-order valence-corrected chi connectivity index (χ0v) is 21.2. The van der Waals surface area contributed by atoms with Crippen LogP contribution in [-0.2, 0) is 25.8 Å². The minimum atomic E-state index is -0.858. The van der Waals surface area contributed by atoms with Gasteiger partial charge in [0.05, 0.1) is 11.4 Å². The van der Waals surface area contributed by atoms with Gasteiger partial charge in [0.1, 0.15) is 27.5 Å². The number of nitrogens with one attached hydrogen (secondary N) is 1. The summed E-state index contributed by atoms with van der Waals surface area (Å²) < 4.78 is 2.02. The summed E-state index contributed by atoms with van der Waals surface area (Å²) in [7, 11) is 0. The van der Waals surface area contributed by atoms with E-state index < -0.39 is 23.2 Å². The predicted octanol–water partition coefficient (Wildman–Crippen LogP) is 0.931. The summed E-state index contributed by atoms with van der Waals surface area (Å²) >= 11 is 8.62. The van der Waals surface area contributed by atoms with Crippen molar-refractivity contribution in [3.05, 3.63) is 45.8 Å². The molecule has 4 rings (SSSR count). The number of nitrogens with zero attached hydrogens (tertiary/aromatic N) is 4. The summed E-state index contributed by atoms with van der Waals surface area (Å²) in [5, 5.41) is 6.31. The van der Waals surface area contributed by atoms with Crippen molar-refractivity contribution in [2.45, 2.75) is 37.9 Å². The smallest absolute Gasteiger partial charge is 0.276 e. The molecule has 184 valence electrons. The first-order valence-corrected chi connectivity index (χ1v) is 12.8. The van der Waals surface area contributed by atoms with E-state index in [1.54, 1.807) is 32.2 Å². The third-order valence-electron chi connectivity index (χ3n) is 5.14. The normalized spacial score (nSPS) is 19.9. The van der Waals surface area contributed by atoms with Crippen LogP contribution in [0, 0.1) is 0 Å². The van der Waals surface area contributed by atoms with Crippen LogP contribution in [0.3, 0.4) is 0 Å². The second kappa shape index (κ2) is 10.2. The van der Waals surface area contributed by atoms with Crippen LogP contribution in [0.4, 0.5) is 10.8 Å². The van der Waals surface area contributed by atoms with Crippen LogP contribution in [0.5, 0.6) is 0 Å². The Morgan fingerprint density at radius 2 is 2.26 bits per heavy atom. The van der Waals surface area contributed by atoms with Crippen molar-refractivity contribution >= 4 is 69.3 Å². The number of amides is 2. The molecular weight excluding hydrogens is 514 g/mol. The first-order valence-electron chi connectivity index (χ1n) is 10.5. The lowest BCUT2D eigenvalue weighted by Gasteiger charge is -2.49. The third-order valence-corrected chi connectivity index (χ3v) is 7.57. The number of aldehydes is 1. The monoisotopic (exact) mass is 536 g/mol. The molecule has 0 bridgehead atoms. The molecular formula is C21H23ClN7O4S2+. The molecule has 0 saturated carbocycles. The van der Waals surface area contributed by atoms with Gasteiger partial charge in [-0.3, -0.25) is 19.3 Å². The van der Waals surface area contributed by atoms with Crippen molar-refractivity contribution in [1.29, 1.82) is 0 Å². The highest BCUT2D eigenvalue weighted by Crippen LogP contribution is 2.39. The van der Waals surface area contributed by atoms with Gasteiger partial charge in [0.2, 0.25) is 0 Å². The summed E-state index contributed by atoms with van der Waals surface area (Å²) in [6, 6.07) is 2.71. The second-order valence-corrected chi connectivity index (χ2v) is 10.8. The number of pyridine rings is 1. The Balaban J connectivity index is 1.53. The molecule has 0 aromatic carbocycles. The van der Waals surface area contributed by atoms with Gasteiger partial charge >= 0.3 is 0 Å². The summed E-state index contributed by atoms with van der Waals surface area (Å²) in [6.07, 6.45) is 3.95. The lowest BCUT2D eigenvalue weighted by atomic mass is 10.0. The van der Waals surface area contributed by atoms with Crippen molar-refractivity contribution in [3.63, 3.8) is 0 Å². The van der Waals surface area contributed by atoms with E-state index in [-0.39, 0.29) is 27.0 Å². The number of hydrogen-bond acceptors (Lipinski definition) is 10. The van der Waals surface area contributed by atoms with E-state index >= 15 is 0 Å². The van der Waals surface area contributed by atoms with Crippen LogP contribution in [-0.4, -0.2) is 57.0 Å². The number of halogens is 1. The molecule has 1 fully saturated rings. The maximum atomic E-state index is 13.1. The quantitative estimate of drug-likeness (QED) is 0.148. The molecule has 2 aromatic rings. The number of carbonyl (C=O) groups is 3. The molecule has 5 N–H and O–H groups in total. The van der Waals surface area contributed by atoms with Gasteiger partial charge < -0.3 is 21.6 Å². The fraction of sp³-hybridized carbons (Fsp3) is 0.333. The molecule has 2 atom stereocenters. The molecule has 2 aliphatic heterocycles. The van der Waals surface area contributed by atoms with E-state index in [9.17, 15) is 14.4 Å². The van der Waals surface area contributed by atoms with Crippen LogP contribution < -0.4 is 21.4 Å². The Kier molecular flexibility index (Phi) is 7.28. The van der Waals surface area contributed by atoms with E-state index in [2.05, 4.69) is 15.5 Å². The van der Waals surface area contributed by atoms with Crippen LogP contribution >= 0.6 is 34.7 Å². The van der Waals surface area contributed by atoms with Gasteiger partial charge in [-0.15, -0.1) is 11.8 Å². The fourth-order valence-electron chi connectivity index (χ4n) is 3.60. The Bertz CT molecular complexity index is 1250.